The molecule has 1 aromatic heterocycles. The van der Waals surface area contributed by atoms with Crippen LogP contribution in [0.25, 0.3) is 10.2 Å². The van der Waals surface area contributed by atoms with Crippen LogP contribution in [0, 0.1) is 0 Å². The molecule has 1 heterocycles. The Hall–Kier alpha value is -2.58. The SMILES string of the molecule is COc1ccc(CNC(=O)[C@@H](C)OC(=O)CSc2nc3ccccc3s2)cc1. The maximum atomic E-state index is 12.1. The van der Waals surface area contributed by atoms with Gasteiger partial charge in [0.1, 0.15) is 5.75 Å². The molecule has 0 bridgehead atoms. The number of thioether (sulfide) groups is 1. The molecule has 0 aliphatic carbocycles. The van der Waals surface area contributed by atoms with Crippen LogP contribution >= 0.6 is 23.1 Å². The Labute approximate surface area is 171 Å². The number of esters is 1. The molecule has 0 radical (unpaired) electrons. The second-order valence-electron chi connectivity index (χ2n) is 5.93. The molecule has 1 amide bonds. The molecular formula is C20H20N2O4S2. The van der Waals surface area contributed by atoms with Crippen molar-refractivity contribution in [1.82, 2.24) is 10.3 Å². The van der Waals surface area contributed by atoms with E-state index in [1.54, 1.807) is 14.0 Å². The molecule has 2 aromatic carbocycles. The van der Waals surface area contributed by atoms with Crippen molar-refractivity contribution in [1.29, 1.82) is 0 Å². The van der Waals surface area contributed by atoms with Gasteiger partial charge < -0.3 is 14.8 Å². The first-order valence-corrected chi connectivity index (χ1v) is 10.4. The van der Waals surface area contributed by atoms with Crippen molar-refractivity contribution in [2.24, 2.45) is 0 Å². The van der Waals surface area contributed by atoms with Crippen molar-refractivity contribution in [2.45, 2.75) is 23.9 Å². The van der Waals surface area contributed by atoms with Gasteiger partial charge in [-0.2, -0.15) is 0 Å². The number of ether oxygens (including phenoxy) is 2. The number of nitrogens with zero attached hydrogens (tertiary/aromatic N) is 1. The number of thiazole rings is 1. The van der Waals surface area contributed by atoms with E-state index < -0.39 is 12.1 Å². The summed E-state index contributed by atoms with van der Waals surface area (Å²) in [7, 11) is 1.60. The van der Waals surface area contributed by atoms with E-state index in [-0.39, 0.29) is 11.7 Å². The van der Waals surface area contributed by atoms with Gasteiger partial charge in [-0.25, -0.2) is 4.98 Å². The first-order valence-electron chi connectivity index (χ1n) is 8.63. The zero-order valence-corrected chi connectivity index (χ0v) is 17.1. The maximum Gasteiger partial charge on any atom is 0.317 e. The van der Waals surface area contributed by atoms with Crippen LogP contribution in [0.15, 0.2) is 52.9 Å². The second kappa shape index (κ2) is 9.57. The third kappa shape index (κ3) is 5.46. The lowest BCUT2D eigenvalue weighted by Gasteiger charge is -2.13. The average molecular weight is 417 g/mol. The third-order valence-corrected chi connectivity index (χ3v) is 6.04. The number of aromatic nitrogens is 1. The summed E-state index contributed by atoms with van der Waals surface area (Å²) < 4.78 is 12.2. The summed E-state index contributed by atoms with van der Waals surface area (Å²) in [5.41, 5.74) is 1.84. The zero-order chi connectivity index (χ0) is 19.9. The molecule has 0 fully saturated rings. The molecule has 1 atom stereocenters. The molecule has 0 saturated heterocycles. The number of methoxy groups -OCH3 is 1. The number of carbonyl (C=O) groups is 2. The van der Waals surface area contributed by atoms with Crippen molar-refractivity contribution in [3.63, 3.8) is 0 Å². The maximum absolute atomic E-state index is 12.1. The lowest BCUT2D eigenvalue weighted by atomic mass is 10.2. The average Bonchev–Trinajstić information content (AvgIpc) is 3.14. The van der Waals surface area contributed by atoms with E-state index in [4.69, 9.17) is 9.47 Å². The van der Waals surface area contributed by atoms with Crippen LogP contribution in [0.2, 0.25) is 0 Å². The Morgan fingerprint density at radius 3 is 2.64 bits per heavy atom. The molecule has 0 aliphatic rings. The van der Waals surface area contributed by atoms with Crippen molar-refractivity contribution >= 4 is 45.2 Å². The van der Waals surface area contributed by atoms with E-state index in [0.717, 1.165) is 25.9 Å². The van der Waals surface area contributed by atoms with Gasteiger partial charge in [-0.15, -0.1) is 11.3 Å². The fraction of sp³-hybridized carbons (Fsp3) is 0.250. The van der Waals surface area contributed by atoms with Crippen molar-refractivity contribution in [3.8, 4) is 5.75 Å². The van der Waals surface area contributed by atoms with Crippen LogP contribution in [0.5, 0.6) is 5.75 Å². The highest BCUT2D eigenvalue weighted by molar-refractivity contribution is 8.01. The molecule has 3 rings (SSSR count). The van der Waals surface area contributed by atoms with Gasteiger partial charge in [-0.1, -0.05) is 36.0 Å². The summed E-state index contributed by atoms with van der Waals surface area (Å²) in [5.74, 6) is 0.0733. The van der Waals surface area contributed by atoms with Gasteiger partial charge in [-0.3, -0.25) is 9.59 Å². The van der Waals surface area contributed by atoms with E-state index >= 15 is 0 Å². The number of fused-ring (bicyclic) bond motifs is 1. The number of rotatable bonds is 8. The van der Waals surface area contributed by atoms with E-state index in [9.17, 15) is 9.59 Å². The van der Waals surface area contributed by atoms with E-state index in [1.807, 2.05) is 48.5 Å². The highest BCUT2D eigenvalue weighted by atomic mass is 32.2. The van der Waals surface area contributed by atoms with Crippen LogP contribution in [0.1, 0.15) is 12.5 Å². The summed E-state index contributed by atoms with van der Waals surface area (Å²) >= 11 is 2.84. The molecule has 28 heavy (non-hydrogen) atoms. The summed E-state index contributed by atoms with van der Waals surface area (Å²) in [5, 5.41) is 2.76. The number of amides is 1. The molecule has 0 spiro atoms. The molecule has 146 valence electrons. The Kier molecular flexibility index (Phi) is 6.89. The fourth-order valence-corrected chi connectivity index (χ4v) is 4.25. The summed E-state index contributed by atoms with van der Waals surface area (Å²) in [6.45, 7) is 1.91. The number of carbonyl (C=O) groups excluding carboxylic acids is 2. The first kappa shape index (κ1) is 20.2. The normalized spacial score (nSPS) is 11.8. The smallest absolute Gasteiger partial charge is 0.317 e. The Morgan fingerprint density at radius 1 is 1.18 bits per heavy atom. The van der Waals surface area contributed by atoms with E-state index in [0.29, 0.717) is 6.54 Å². The Morgan fingerprint density at radius 2 is 1.93 bits per heavy atom. The van der Waals surface area contributed by atoms with E-state index in [1.165, 1.54) is 23.1 Å². The third-order valence-electron chi connectivity index (χ3n) is 3.89. The quantitative estimate of drug-likeness (QED) is 0.446. The number of benzene rings is 2. The van der Waals surface area contributed by atoms with Gasteiger partial charge in [0.25, 0.3) is 5.91 Å². The Bertz CT molecular complexity index is 923. The number of hydrogen-bond donors (Lipinski definition) is 1. The lowest BCUT2D eigenvalue weighted by molar-refractivity contribution is -0.152. The molecule has 6 nitrogen and oxygen atoms in total. The minimum atomic E-state index is -0.860. The van der Waals surface area contributed by atoms with Crippen LogP contribution in [-0.2, 0) is 20.9 Å². The van der Waals surface area contributed by atoms with Gasteiger partial charge in [0.15, 0.2) is 10.4 Å². The molecule has 0 saturated carbocycles. The second-order valence-corrected chi connectivity index (χ2v) is 8.19. The fourth-order valence-electron chi connectivity index (χ4n) is 2.39. The van der Waals surface area contributed by atoms with Crippen molar-refractivity contribution in [2.75, 3.05) is 12.9 Å². The molecule has 1 N–H and O–H groups in total. The Balaban J connectivity index is 1.42. The zero-order valence-electron chi connectivity index (χ0n) is 15.5. The summed E-state index contributed by atoms with van der Waals surface area (Å²) in [6.07, 6.45) is -0.860. The largest absolute Gasteiger partial charge is 0.497 e. The molecule has 3 aromatic rings. The number of para-hydroxylation sites is 1. The molecule has 0 aliphatic heterocycles. The van der Waals surface area contributed by atoms with Gasteiger partial charge in [0.2, 0.25) is 0 Å². The monoisotopic (exact) mass is 416 g/mol. The standard InChI is InChI=1S/C20H20N2O4S2/c1-13(19(24)21-11-14-7-9-15(25-2)10-8-14)26-18(23)12-27-20-22-16-5-3-4-6-17(16)28-20/h3-10,13H,11-12H2,1-2H3,(H,21,24)/t13-/m1/s1. The summed E-state index contributed by atoms with van der Waals surface area (Å²) in [4.78, 5) is 28.6. The van der Waals surface area contributed by atoms with Gasteiger partial charge >= 0.3 is 5.97 Å². The van der Waals surface area contributed by atoms with Crippen LogP contribution in [0.3, 0.4) is 0 Å². The molecular weight excluding hydrogens is 396 g/mol. The molecule has 8 heteroatoms. The minimum absolute atomic E-state index is 0.107. The highest BCUT2D eigenvalue weighted by Gasteiger charge is 2.18. The van der Waals surface area contributed by atoms with Crippen molar-refractivity contribution in [3.05, 3.63) is 54.1 Å². The van der Waals surface area contributed by atoms with Crippen LogP contribution < -0.4 is 10.1 Å². The predicted octanol–water partition coefficient (Wildman–Crippen LogP) is 3.65. The van der Waals surface area contributed by atoms with Crippen molar-refractivity contribution < 1.29 is 19.1 Å². The summed E-state index contributed by atoms with van der Waals surface area (Å²) in [6, 6.07) is 15.2. The molecule has 0 unspecified atom stereocenters. The number of hydrogen-bond acceptors (Lipinski definition) is 7. The topological polar surface area (TPSA) is 77.5 Å². The number of nitrogens with one attached hydrogen (secondary N) is 1. The van der Waals surface area contributed by atoms with Crippen LogP contribution in [-0.4, -0.2) is 35.8 Å². The van der Waals surface area contributed by atoms with Gasteiger partial charge in [0, 0.05) is 6.54 Å². The van der Waals surface area contributed by atoms with Gasteiger partial charge in [-0.05, 0) is 36.8 Å². The van der Waals surface area contributed by atoms with Crippen LogP contribution in [0.4, 0.5) is 0 Å². The van der Waals surface area contributed by atoms with E-state index in [2.05, 4.69) is 10.3 Å². The van der Waals surface area contributed by atoms with Gasteiger partial charge in [0.05, 0.1) is 23.1 Å². The highest BCUT2D eigenvalue weighted by Crippen LogP contribution is 2.29. The predicted molar refractivity (Wildman–Crippen MR) is 111 cm³/mol. The minimum Gasteiger partial charge on any atom is -0.497 e. The first-order chi connectivity index (χ1) is 13.5. The lowest BCUT2D eigenvalue weighted by Crippen LogP contribution is -2.35.